The molecule has 150 valence electrons. The summed E-state index contributed by atoms with van der Waals surface area (Å²) >= 11 is 0. The molecule has 3 rings (SSSR count). The zero-order valence-corrected chi connectivity index (χ0v) is 16.6. The van der Waals surface area contributed by atoms with Crippen molar-refractivity contribution in [2.75, 3.05) is 32.6 Å². The molecule has 9 heteroatoms. The van der Waals surface area contributed by atoms with Gasteiger partial charge in [0.25, 0.3) is 0 Å². The Bertz CT molecular complexity index is 993. The van der Waals surface area contributed by atoms with E-state index in [-0.39, 0.29) is 5.69 Å². The van der Waals surface area contributed by atoms with Crippen molar-refractivity contribution in [1.29, 1.82) is 5.26 Å². The molecule has 2 aromatic heterocycles. The quantitative estimate of drug-likeness (QED) is 0.475. The van der Waals surface area contributed by atoms with Gasteiger partial charge in [0.2, 0.25) is 0 Å². The molecule has 0 aliphatic rings. The molecule has 0 unspecified atom stereocenters. The second-order valence-electron chi connectivity index (χ2n) is 6.34. The van der Waals surface area contributed by atoms with Crippen LogP contribution in [0, 0.1) is 18.3 Å². The van der Waals surface area contributed by atoms with Crippen molar-refractivity contribution >= 4 is 11.6 Å². The molecule has 0 fully saturated rings. The van der Waals surface area contributed by atoms with Gasteiger partial charge in [-0.1, -0.05) is 0 Å². The minimum Gasteiger partial charge on any atom is -0.496 e. The average Bonchev–Trinajstić information content (AvgIpc) is 3.19. The normalized spacial score (nSPS) is 10.4. The number of methoxy groups -OCH3 is 1. The smallest absolute Gasteiger partial charge is 0.158 e. The molecule has 9 nitrogen and oxygen atoms in total. The highest BCUT2D eigenvalue weighted by Crippen LogP contribution is 2.39. The molecule has 0 spiro atoms. The Kier molecular flexibility index (Phi) is 6.60. The SMILES string of the molecule is CNCCCOc1cc(C)cc(OC)c1-c1cc(Nc2cnc(C#N)cn2)n[nH]1. The lowest BCUT2D eigenvalue weighted by Crippen LogP contribution is -2.12. The van der Waals surface area contributed by atoms with Crippen molar-refractivity contribution in [1.82, 2.24) is 25.5 Å². The van der Waals surface area contributed by atoms with Crippen LogP contribution in [0.15, 0.2) is 30.6 Å². The van der Waals surface area contributed by atoms with Crippen LogP contribution in [0.2, 0.25) is 0 Å². The van der Waals surface area contributed by atoms with Crippen molar-refractivity contribution in [2.24, 2.45) is 0 Å². The highest BCUT2D eigenvalue weighted by Gasteiger charge is 2.17. The molecular weight excluding hydrogens is 370 g/mol. The van der Waals surface area contributed by atoms with E-state index in [1.165, 1.54) is 12.4 Å². The highest BCUT2D eigenvalue weighted by atomic mass is 16.5. The molecule has 3 N–H and O–H groups in total. The number of anilines is 2. The van der Waals surface area contributed by atoms with E-state index in [2.05, 4.69) is 30.8 Å². The number of H-pyrrole nitrogens is 1. The standard InChI is InChI=1S/C20H23N7O2/c1-13-7-16(28-3)20(17(8-13)29-6-4-5-22-2)15-9-18(27-26-15)25-19-12-23-14(10-21)11-24-19/h7-9,11-12,22H,4-6H2,1-3H3,(H2,24,25,26,27). The van der Waals surface area contributed by atoms with Crippen LogP contribution >= 0.6 is 0 Å². The summed E-state index contributed by atoms with van der Waals surface area (Å²) in [5.41, 5.74) is 2.84. The summed E-state index contributed by atoms with van der Waals surface area (Å²) in [7, 11) is 3.55. The van der Waals surface area contributed by atoms with E-state index in [0.29, 0.717) is 24.0 Å². The van der Waals surface area contributed by atoms with Gasteiger partial charge in [0.05, 0.1) is 37.4 Å². The predicted molar refractivity (Wildman–Crippen MR) is 109 cm³/mol. The Hall–Kier alpha value is -3.64. The first-order valence-corrected chi connectivity index (χ1v) is 9.15. The van der Waals surface area contributed by atoms with Gasteiger partial charge in [-0.3, -0.25) is 5.10 Å². The van der Waals surface area contributed by atoms with Gasteiger partial charge in [-0.25, -0.2) is 9.97 Å². The van der Waals surface area contributed by atoms with Gasteiger partial charge in [-0.05, 0) is 44.6 Å². The predicted octanol–water partition coefficient (Wildman–Crippen LogP) is 2.79. The third kappa shape index (κ3) is 5.00. The molecule has 0 amide bonds. The number of hydrogen-bond donors (Lipinski definition) is 3. The number of aryl methyl sites for hydroxylation is 1. The molecule has 1 aromatic carbocycles. The van der Waals surface area contributed by atoms with Crippen molar-refractivity contribution < 1.29 is 9.47 Å². The Morgan fingerprint density at radius 3 is 2.66 bits per heavy atom. The van der Waals surface area contributed by atoms with Gasteiger partial charge < -0.3 is 20.1 Å². The number of nitriles is 1. The fourth-order valence-electron chi connectivity index (χ4n) is 2.79. The summed E-state index contributed by atoms with van der Waals surface area (Å²) in [6, 6.07) is 7.72. The van der Waals surface area contributed by atoms with Crippen LogP contribution in [0.1, 0.15) is 17.7 Å². The number of aromatic amines is 1. The van der Waals surface area contributed by atoms with Gasteiger partial charge in [-0.15, -0.1) is 0 Å². The Morgan fingerprint density at radius 2 is 1.97 bits per heavy atom. The molecule has 0 saturated carbocycles. The molecule has 0 aliphatic carbocycles. The van der Waals surface area contributed by atoms with E-state index >= 15 is 0 Å². The topological polar surface area (TPSA) is 121 Å². The summed E-state index contributed by atoms with van der Waals surface area (Å²) in [5, 5.41) is 22.3. The van der Waals surface area contributed by atoms with Crippen LogP contribution in [0.25, 0.3) is 11.3 Å². The van der Waals surface area contributed by atoms with Crippen LogP contribution in [0.4, 0.5) is 11.6 Å². The number of nitrogens with zero attached hydrogens (tertiary/aromatic N) is 4. The molecule has 3 aromatic rings. The molecule has 0 radical (unpaired) electrons. The van der Waals surface area contributed by atoms with E-state index in [9.17, 15) is 0 Å². The Morgan fingerprint density at radius 1 is 1.14 bits per heavy atom. The maximum atomic E-state index is 8.82. The second-order valence-corrected chi connectivity index (χ2v) is 6.34. The van der Waals surface area contributed by atoms with E-state index in [1.54, 1.807) is 7.11 Å². The third-order valence-electron chi connectivity index (χ3n) is 4.13. The van der Waals surface area contributed by atoms with Gasteiger partial charge in [-0.2, -0.15) is 10.4 Å². The number of nitrogens with one attached hydrogen (secondary N) is 3. The minimum absolute atomic E-state index is 0.253. The van der Waals surface area contributed by atoms with Crippen LogP contribution in [0.3, 0.4) is 0 Å². The molecule has 0 atom stereocenters. The molecule has 2 heterocycles. The van der Waals surface area contributed by atoms with E-state index in [1.807, 2.05) is 38.2 Å². The molecule has 29 heavy (non-hydrogen) atoms. The summed E-state index contributed by atoms with van der Waals surface area (Å²) in [5.74, 6) is 2.47. The first-order chi connectivity index (χ1) is 14.1. The second kappa shape index (κ2) is 9.52. The van der Waals surface area contributed by atoms with Gasteiger partial charge in [0, 0.05) is 6.07 Å². The molecule has 0 bridgehead atoms. The van der Waals surface area contributed by atoms with Crippen LogP contribution in [-0.4, -0.2) is 47.5 Å². The van der Waals surface area contributed by atoms with Gasteiger partial charge in [0.15, 0.2) is 11.5 Å². The lowest BCUT2D eigenvalue weighted by atomic mass is 10.1. The van der Waals surface area contributed by atoms with Crippen molar-refractivity contribution in [3.63, 3.8) is 0 Å². The largest absolute Gasteiger partial charge is 0.496 e. The number of ether oxygens (including phenoxy) is 2. The molecule has 0 saturated heterocycles. The van der Waals surface area contributed by atoms with Crippen molar-refractivity contribution in [3.8, 4) is 28.8 Å². The maximum Gasteiger partial charge on any atom is 0.158 e. The Balaban J connectivity index is 1.86. The number of rotatable bonds is 9. The van der Waals surface area contributed by atoms with E-state index in [0.717, 1.165) is 35.5 Å². The monoisotopic (exact) mass is 393 g/mol. The molecule has 0 aliphatic heterocycles. The highest BCUT2D eigenvalue weighted by molar-refractivity contribution is 5.77. The maximum absolute atomic E-state index is 8.82. The number of aromatic nitrogens is 4. The van der Waals surface area contributed by atoms with Gasteiger partial charge >= 0.3 is 0 Å². The minimum atomic E-state index is 0.253. The average molecular weight is 393 g/mol. The summed E-state index contributed by atoms with van der Waals surface area (Å²) < 4.78 is 11.6. The van der Waals surface area contributed by atoms with Gasteiger partial charge in [0.1, 0.15) is 23.4 Å². The number of hydrogen-bond acceptors (Lipinski definition) is 8. The zero-order chi connectivity index (χ0) is 20.6. The Labute approximate surface area is 169 Å². The third-order valence-corrected chi connectivity index (χ3v) is 4.13. The fourth-order valence-corrected chi connectivity index (χ4v) is 2.79. The first-order valence-electron chi connectivity index (χ1n) is 9.15. The van der Waals surface area contributed by atoms with Crippen molar-refractivity contribution in [2.45, 2.75) is 13.3 Å². The first kappa shape index (κ1) is 20.1. The molecular formula is C20H23N7O2. The number of benzene rings is 1. The lowest BCUT2D eigenvalue weighted by molar-refractivity contribution is 0.308. The zero-order valence-electron chi connectivity index (χ0n) is 16.6. The summed E-state index contributed by atoms with van der Waals surface area (Å²) in [6.45, 7) is 3.46. The lowest BCUT2D eigenvalue weighted by Gasteiger charge is -2.15. The van der Waals surface area contributed by atoms with Crippen molar-refractivity contribution in [3.05, 3.63) is 41.9 Å². The van der Waals surface area contributed by atoms with E-state index < -0.39 is 0 Å². The van der Waals surface area contributed by atoms with Crippen LogP contribution in [0.5, 0.6) is 11.5 Å². The van der Waals surface area contributed by atoms with E-state index in [4.69, 9.17) is 14.7 Å². The summed E-state index contributed by atoms with van der Waals surface area (Å²) in [6.07, 6.45) is 3.77. The fraction of sp³-hybridized carbons (Fsp3) is 0.300. The van der Waals surface area contributed by atoms with Crippen LogP contribution in [-0.2, 0) is 0 Å². The van der Waals surface area contributed by atoms with Crippen LogP contribution < -0.4 is 20.1 Å². The summed E-state index contributed by atoms with van der Waals surface area (Å²) in [4.78, 5) is 8.13.